The van der Waals surface area contributed by atoms with Gasteiger partial charge in [-0.1, -0.05) is 17.7 Å². The molecule has 0 radical (unpaired) electrons. The number of nitrogens with zero attached hydrogens (tertiary/aromatic N) is 3. The van der Waals surface area contributed by atoms with Gasteiger partial charge in [0.25, 0.3) is 5.91 Å². The van der Waals surface area contributed by atoms with Crippen LogP contribution in [-0.2, 0) is 10.2 Å². The van der Waals surface area contributed by atoms with E-state index in [2.05, 4.69) is 20.0 Å². The Labute approximate surface area is 177 Å². The first-order valence-electron chi connectivity index (χ1n) is 8.71. The summed E-state index contributed by atoms with van der Waals surface area (Å²) in [7, 11) is -2.65. The Morgan fingerprint density at radius 2 is 2.00 bits per heavy atom. The largest absolute Gasteiger partial charge is 0.383 e. The third-order valence-electron chi connectivity index (χ3n) is 4.35. The van der Waals surface area contributed by atoms with Crippen LogP contribution in [0.15, 0.2) is 36.7 Å². The van der Waals surface area contributed by atoms with Crippen LogP contribution in [0, 0.1) is 5.82 Å². The lowest BCUT2D eigenvalue weighted by Gasteiger charge is -2.24. The third kappa shape index (κ3) is 3.86. The molecule has 12 heteroatoms. The molecule has 1 heterocycles. The summed E-state index contributed by atoms with van der Waals surface area (Å²) in [6.07, 6.45) is 1.21. The Kier molecular flexibility index (Phi) is 6.06. The van der Waals surface area contributed by atoms with Crippen LogP contribution in [0.2, 0.25) is 5.02 Å². The average molecular weight is 453 g/mol. The Morgan fingerprint density at radius 1 is 1.27 bits per heavy atom. The minimum absolute atomic E-state index is 0.00899. The fraction of sp³-hybridized carbons (Fsp3) is 0.167. The lowest BCUT2D eigenvalue weighted by molar-refractivity contribution is 0.102. The number of nitrogen functional groups attached to an aromatic ring is 1. The zero-order chi connectivity index (χ0) is 22.1. The molecule has 0 aliphatic heterocycles. The molecule has 0 unspecified atom stereocenters. The second kappa shape index (κ2) is 8.38. The molecule has 3 aromatic rings. The van der Waals surface area contributed by atoms with Crippen LogP contribution in [-0.4, -0.2) is 37.9 Å². The molecule has 4 N–H and O–H groups in total. The Bertz CT molecular complexity index is 1240. The van der Waals surface area contributed by atoms with Crippen LogP contribution in [0.25, 0.3) is 10.9 Å². The first-order valence-corrected chi connectivity index (χ1v) is 10.5. The number of benzene rings is 2. The molecule has 0 bridgehead atoms. The van der Waals surface area contributed by atoms with Gasteiger partial charge in [0.1, 0.15) is 18.0 Å². The van der Waals surface area contributed by atoms with Crippen LogP contribution in [0.5, 0.6) is 0 Å². The van der Waals surface area contributed by atoms with Crippen LogP contribution >= 0.6 is 11.6 Å². The molecule has 1 amide bonds. The normalized spacial score (nSPS) is 11.5. The number of hydrogen-bond donors (Lipinski definition) is 3. The van der Waals surface area contributed by atoms with Gasteiger partial charge in [-0.3, -0.25) is 9.10 Å². The summed E-state index contributed by atoms with van der Waals surface area (Å²) in [6.45, 7) is 1.62. The van der Waals surface area contributed by atoms with E-state index in [1.54, 1.807) is 19.1 Å². The van der Waals surface area contributed by atoms with Gasteiger partial charge in [0.2, 0.25) is 0 Å². The lowest BCUT2D eigenvalue weighted by atomic mass is 10.1. The number of anilines is 3. The fourth-order valence-corrected chi connectivity index (χ4v) is 4.22. The predicted octanol–water partition coefficient (Wildman–Crippen LogP) is 2.55. The minimum atomic E-state index is -3.90. The number of nitrogens with one attached hydrogen (secondary N) is 2. The van der Waals surface area contributed by atoms with Gasteiger partial charge in [0.05, 0.1) is 27.5 Å². The monoisotopic (exact) mass is 452 g/mol. The molecule has 0 saturated heterocycles. The number of halogens is 2. The fourth-order valence-electron chi connectivity index (χ4n) is 2.90. The van der Waals surface area contributed by atoms with E-state index in [4.69, 9.17) is 17.3 Å². The number of hydrogen-bond acceptors (Lipinski definition) is 6. The van der Waals surface area contributed by atoms with Gasteiger partial charge in [0.15, 0.2) is 0 Å². The predicted molar refractivity (Wildman–Crippen MR) is 114 cm³/mol. The molecule has 2 aromatic carbocycles. The molecule has 1 aromatic heterocycles. The molecule has 0 fully saturated rings. The number of carbonyl (C=O) groups is 1. The van der Waals surface area contributed by atoms with Crippen molar-refractivity contribution in [1.29, 1.82) is 0 Å². The van der Waals surface area contributed by atoms with E-state index in [0.29, 0.717) is 5.39 Å². The van der Waals surface area contributed by atoms with Crippen molar-refractivity contribution < 1.29 is 17.6 Å². The second-order valence-corrected chi connectivity index (χ2v) is 8.22. The molecule has 0 aliphatic rings. The highest BCUT2D eigenvalue weighted by molar-refractivity contribution is 7.90. The summed E-state index contributed by atoms with van der Waals surface area (Å²) in [5, 5.41) is 2.60. The number of amides is 1. The topological polar surface area (TPSA) is 130 Å². The quantitative estimate of drug-likeness (QED) is 0.526. The van der Waals surface area contributed by atoms with E-state index in [1.165, 1.54) is 25.5 Å². The van der Waals surface area contributed by atoms with Crippen LogP contribution in [0.4, 0.5) is 21.6 Å². The Balaban J connectivity index is 2.06. The van der Waals surface area contributed by atoms with Gasteiger partial charge < -0.3 is 11.1 Å². The number of carbonyl (C=O) groups excluding carboxylic acids is 1. The van der Waals surface area contributed by atoms with Crippen molar-refractivity contribution >= 4 is 55.8 Å². The van der Waals surface area contributed by atoms with Gasteiger partial charge in [-0.15, -0.1) is 0 Å². The van der Waals surface area contributed by atoms with E-state index in [-0.39, 0.29) is 39.8 Å². The summed E-state index contributed by atoms with van der Waals surface area (Å²) in [4.78, 5) is 20.8. The van der Waals surface area contributed by atoms with Gasteiger partial charge in [0, 0.05) is 19.0 Å². The number of aromatic nitrogens is 2. The molecule has 0 saturated carbocycles. The van der Waals surface area contributed by atoms with E-state index in [0.717, 1.165) is 10.4 Å². The van der Waals surface area contributed by atoms with Crippen molar-refractivity contribution in [1.82, 2.24) is 14.7 Å². The van der Waals surface area contributed by atoms with Crippen LogP contribution < -0.4 is 20.1 Å². The Hall–Kier alpha value is -3.02. The van der Waals surface area contributed by atoms with Crippen molar-refractivity contribution in [3.63, 3.8) is 0 Å². The molecule has 158 valence electrons. The maximum atomic E-state index is 14.5. The standard InChI is InChI=1S/C18H18ClFN6O3S/c1-3-26(30(28,29)22-2)13-8-7-12(20)16(14(13)19)25-18(27)11-6-4-5-10-15(11)23-9-24-17(10)21/h4-9,22H,3H2,1-2H3,(H,25,27)(H2,21,23,24). The summed E-state index contributed by atoms with van der Waals surface area (Å²) in [5.74, 6) is -1.34. The Morgan fingerprint density at radius 3 is 2.67 bits per heavy atom. The SMILES string of the molecule is CCN(c1ccc(F)c(NC(=O)c2cccc3c(N)ncnc23)c1Cl)S(=O)(=O)NC. The van der Waals surface area contributed by atoms with E-state index < -0.39 is 21.9 Å². The summed E-state index contributed by atoms with van der Waals surface area (Å²) >= 11 is 6.29. The van der Waals surface area contributed by atoms with Gasteiger partial charge in [-0.25, -0.2) is 19.1 Å². The highest BCUT2D eigenvalue weighted by Gasteiger charge is 2.25. The molecular weight excluding hydrogens is 435 g/mol. The van der Waals surface area contributed by atoms with E-state index >= 15 is 0 Å². The van der Waals surface area contributed by atoms with Gasteiger partial charge in [-0.05, 0) is 31.2 Å². The number of fused-ring (bicyclic) bond motifs is 1. The van der Waals surface area contributed by atoms with E-state index in [1.807, 2.05) is 0 Å². The second-order valence-electron chi connectivity index (χ2n) is 6.04. The molecule has 9 nitrogen and oxygen atoms in total. The first-order chi connectivity index (χ1) is 14.2. The van der Waals surface area contributed by atoms with Crippen molar-refractivity contribution in [3.05, 3.63) is 53.1 Å². The van der Waals surface area contributed by atoms with Gasteiger partial charge in [-0.2, -0.15) is 8.42 Å². The average Bonchev–Trinajstić information content (AvgIpc) is 2.73. The van der Waals surface area contributed by atoms with Crippen LogP contribution in [0.1, 0.15) is 17.3 Å². The smallest absolute Gasteiger partial charge is 0.301 e. The maximum Gasteiger partial charge on any atom is 0.301 e. The molecular formula is C18H18ClFN6O3S. The molecule has 0 aliphatic carbocycles. The number of rotatable bonds is 6. The summed E-state index contributed by atoms with van der Waals surface area (Å²) in [6, 6.07) is 6.97. The molecule has 0 atom stereocenters. The van der Waals surface area contributed by atoms with Crippen molar-refractivity contribution in [2.75, 3.05) is 28.9 Å². The molecule has 3 rings (SSSR count). The maximum absolute atomic E-state index is 14.5. The van der Waals surface area contributed by atoms with E-state index in [9.17, 15) is 17.6 Å². The van der Waals surface area contributed by atoms with Gasteiger partial charge >= 0.3 is 10.2 Å². The highest BCUT2D eigenvalue weighted by atomic mass is 35.5. The zero-order valence-electron chi connectivity index (χ0n) is 16.0. The third-order valence-corrected chi connectivity index (χ3v) is 6.29. The number of para-hydroxylation sites is 1. The lowest BCUT2D eigenvalue weighted by Crippen LogP contribution is -2.39. The first kappa shape index (κ1) is 21.7. The van der Waals surface area contributed by atoms with Crippen molar-refractivity contribution in [2.45, 2.75) is 6.92 Å². The van der Waals surface area contributed by atoms with Crippen LogP contribution in [0.3, 0.4) is 0 Å². The van der Waals surface area contributed by atoms with Crippen molar-refractivity contribution in [2.24, 2.45) is 0 Å². The molecule has 30 heavy (non-hydrogen) atoms. The van der Waals surface area contributed by atoms with Crippen molar-refractivity contribution in [3.8, 4) is 0 Å². The number of nitrogens with two attached hydrogens (primary N) is 1. The summed E-state index contributed by atoms with van der Waals surface area (Å²) in [5.41, 5.74) is 5.87. The minimum Gasteiger partial charge on any atom is -0.383 e. The summed E-state index contributed by atoms with van der Waals surface area (Å²) < 4.78 is 42.1. The zero-order valence-corrected chi connectivity index (χ0v) is 17.6. The molecule has 0 spiro atoms. The highest BCUT2D eigenvalue weighted by Crippen LogP contribution is 2.36.